The Balaban J connectivity index is 1.45. The number of anilines is 2. The Bertz CT molecular complexity index is 1550. The first-order valence-electron chi connectivity index (χ1n) is 12.0. The highest BCUT2D eigenvalue weighted by Crippen LogP contribution is 2.43. The summed E-state index contributed by atoms with van der Waals surface area (Å²) in [5, 5.41) is 19.0. The van der Waals surface area contributed by atoms with Crippen molar-refractivity contribution in [3.8, 4) is 10.6 Å². The van der Waals surface area contributed by atoms with Gasteiger partial charge in [-0.3, -0.25) is 0 Å². The van der Waals surface area contributed by atoms with Gasteiger partial charge < -0.3 is 16.2 Å². The topological polar surface area (TPSA) is 147 Å². The van der Waals surface area contributed by atoms with Crippen molar-refractivity contribution in [2.45, 2.75) is 38.0 Å². The van der Waals surface area contributed by atoms with Crippen LogP contribution in [0.25, 0.3) is 10.6 Å². The number of rotatable bonds is 6. The van der Waals surface area contributed by atoms with Gasteiger partial charge in [0.2, 0.25) is 0 Å². The highest BCUT2D eigenvalue weighted by molar-refractivity contribution is 7.15. The molecule has 1 aromatic carbocycles. The lowest BCUT2D eigenvalue weighted by molar-refractivity contribution is -0.137. The summed E-state index contributed by atoms with van der Waals surface area (Å²) in [6, 6.07) is 10.9. The third-order valence-corrected chi connectivity index (χ3v) is 7.61. The van der Waals surface area contributed by atoms with Gasteiger partial charge in [-0.25, -0.2) is 26.3 Å². The van der Waals surface area contributed by atoms with Gasteiger partial charge in [-0.2, -0.15) is 13.2 Å². The SMILES string of the molecule is Cc1cc(Nc2cc(C(F)(F)F)ccn2)nc(-c2cnc(C3(O)CCCc4cc(/C(N)=N/NN)ccc43)s2)c1. The minimum absolute atomic E-state index is 0.0271. The van der Waals surface area contributed by atoms with Gasteiger partial charge in [0.25, 0.3) is 0 Å². The van der Waals surface area contributed by atoms with Crippen molar-refractivity contribution in [2.75, 3.05) is 5.32 Å². The number of thiazole rings is 1. The highest BCUT2D eigenvalue weighted by atomic mass is 32.1. The molecule has 0 spiro atoms. The molecule has 39 heavy (non-hydrogen) atoms. The summed E-state index contributed by atoms with van der Waals surface area (Å²) in [6.07, 6.45) is 0.270. The van der Waals surface area contributed by atoms with Gasteiger partial charge in [-0.15, -0.1) is 16.4 Å². The second-order valence-corrected chi connectivity index (χ2v) is 10.2. The molecule has 1 aliphatic rings. The Morgan fingerprint density at radius 2 is 1.95 bits per heavy atom. The van der Waals surface area contributed by atoms with Gasteiger partial charge in [0.1, 0.15) is 22.2 Å². The van der Waals surface area contributed by atoms with E-state index >= 15 is 0 Å². The molecule has 3 aromatic heterocycles. The van der Waals surface area contributed by atoms with E-state index in [2.05, 4.69) is 30.9 Å². The van der Waals surface area contributed by atoms with E-state index in [1.54, 1.807) is 18.3 Å². The minimum Gasteiger partial charge on any atom is -0.382 e. The van der Waals surface area contributed by atoms with Crippen molar-refractivity contribution < 1.29 is 18.3 Å². The number of nitrogens with two attached hydrogens (primary N) is 2. The van der Waals surface area contributed by atoms with E-state index in [1.807, 2.05) is 25.1 Å². The molecule has 4 aromatic rings. The average molecular weight is 555 g/mol. The number of fused-ring (bicyclic) bond motifs is 1. The molecule has 13 heteroatoms. The maximum Gasteiger partial charge on any atom is 0.416 e. The summed E-state index contributed by atoms with van der Waals surface area (Å²) in [4.78, 5) is 13.8. The van der Waals surface area contributed by atoms with Crippen LogP contribution in [0.4, 0.5) is 24.8 Å². The van der Waals surface area contributed by atoms with Crippen molar-refractivity contribution in [2.24, 2.45) is 16.7 Å². The van der Waals surface area contributed by atoms with Crippen molar-refractivity contribution in [3.05, 3.63) is 87.7 Å². The number of aliphatic hydroxyl groups is 1. The number of pyridine rings is 2. The summed E-state index contributed by atoms with van der Waals surface area (Å²) in [7, 11) is 0. The van der Waals surface area contributed by atoms with E-state index in [1.165, 1.54) is 11.3 Å². The van der Waals surface area contributed by atoms with E-state index in [4.69, 9.17) is 11.6 Å². The molecule has 0 amide bonds. The molecule has 1 aliphatic carbocycles. The second-order valence-electron chi connectivity index (χ2n) is 9.21. The summed E-state index contributed by atoms with van der Waals surface area (Å²) in [5.41, 5.74) is 9.83. The number of benzene rings is 1. The molecule has 1 atom stereocenters. The summed E-state index contributed by atoms with van der Waals surface area (Å²) in [6.45, 7) is 1.86. The van der Waals surface area contributed by atoms with E-state index in [0.717, 1.165) is 47.9 Å². The predicted molar refractivity (Wildman–Crippen MR) is 143 cm³/mol. The van der Waals surface area contributed by atoms with Crippen molar-refractivity contribution in [3.63, 3.8) is 0 Å². The fourth-order valence-corrected chi connectivity index (χ4v) is 5.65. The molecule has 7 N–H and O–H groups in total. The van der Waals surface area contributed by atoms with Crippen LogP contribution in [0.1, 0.15) is 45.7 Å². The predicted octanol–water partition coefficient (Wildman–Crippen LogP) is 4.33. The van der Waals surface area contributed by atoms with E-state index in [0.29, 0.717) is 33.4 Å². The van der Waals surface area contributed by atoms with Crippen LogP contribution in [0.3, 0.4) is 0 Å². The van der Waals surface area contributed by atoms with Crippen LogP contribution in [0.15, 0.2) is 60.0 Å². The largest absolute Gasteiger partial charge is 0.416 e. The maximum atomic E-state index is 13.1. The molecule has 0 aliphatic heterocycles. The molecule has 0 radical (unpaired) electrons. The van der Waals surface area contributed by atoms with Crippen LogP contribution in [-0.2, 0) is 18.2 Å². The number of aryl methyl sites for hydroxylation is 2. The quantitative estimate of drug-likeness (QED) is 0.102. The smallest absolute Gasteiger partial charge is 0.382 e. The van der Waals surface area contributed by atoms with Gasteiger partial charge in [-0.1, -0.05) is 12.1 Å². The molecular formula is C26H25F3N8OS. The van der Waals surface area contributed by atoms with Gasteiger partial charge >= 0.3 is 6.18 Å². The first kappa shape index (κ1) is 26.5. The lowest BCUT2D eigenvalue weighted by atomic mass is 9.79. The Morgan fingerprint density at radius 3 is 2.72 bits per heavy atom. The Morgan fingerprint density at radius 1 is 1.13 bits per heavy atom. The van der Waals surface area contributed by atoms with Crippen molar-refractivity contribution in [1.82, 2.24) is 20.5 Å². The first-order valence-corrected chi connectivity index (χ1v) is 12.8. The number of alkyl halides is 3. The number of halogens is 3. The number of aromatic nitrogens is 3. The number of nitrogens with zero attached hydrogens (tertiary/aromatic N) is 4. The number of nitrogens with one attached hydrogen (secondary N) is 2. The lowest BCUT2D eigenvalue weighted by Crippen LogP contribution is -2.32. The molecule has 3 heterocycles. The maximum absolute atomic E-state index is 13.1. The molecule has 5 rings (SSSR count). The van der Waals surface area contributed by atoms with Gasteiger partial charge in [0, 0.05) is 18.0 Å². The van der Waals surface area contributed by atoms with Crippen LogP contribution >= 0.6 is 11.3 Å². The normalized spacial score (nSPS) is 17.5. The van der Waals surface area contributed by atoms with Crippen LogP contribution < -0.4 is 22.4 Å². The highest BCUT2D eigenvalue weighted by Gasteiger charge is 2.39. The zero-order chi connectivity index (χ0) is 27.8. The van der Waals surface area contributed by atoms with Crippen molar-refractivity contribution in [1.29, 1.82) is 0 Å². The van der Waals surface area contributed by atoms with Crippen LogP contribution in [0, 0.1) is 6.92 Å². The van der Waals surface area contributed by atoms with Crippen LogP contribution in [0.2, 0.25) is 0 Å². The third kappa shape index (κ3) is 5.41. The summed E-state index contributed by atoms with van der Waals surface area (Å²) >= 11 is 1.31. The number of amidine groups is 1. The molecule has 202 valence electrons. The van der Waals surface area contributed by atoms with E-state index < -0.39 is 17.3 Å². The fourth-order valence-electron chi connectivity index (χ4n) is 4.64. The summed E-state index contributed by atoms with van der Waals surface area (Å²) < 4.78 is 39.3. The molecule has 0 bridgehead atoms. The van der Waals surface area contributed by atoms with E-state index in [-0.39, 0.29) is 11.7 Å². The minimum atomic E-state index is -4.48. The number of hydrogen-bond donors (Lipinski definition) is 5. The Hall–Kier alpha value is -4.07. The van der Waals surface area contributed by atoms with E-state index in [9.17, 15) is 18.3 Å². The molecule has 9 nitrogen and oxygen atoms in total. The van der Waals surface area contributed by atoms with Crippen LogP contribution in [-0.4, -0.2) is 25.9 Å². The number of hydrazone groups is 1. The Kier molecular flexibility index (Phi) is 6.97. The number of hydrogen-bond acceptors (Lipinski definition) is 9. The standard InChI is InChI=1S/C26H25F3N8OS/c1-14-9-19(34-22(10-14)35-21-12-17(6-8-32-21)26(27,28)29)20-13-33-24(39-20)25(38)7-2-3-15-11-16(4-5-18(15)25)23(30)36-37-31/h4-6,8-13,37-38H,2-3,7,31H2,1H3,(H2,30,36)(H,32,34,35). The van der Waals surface area contributed by atoms with Crippen molar-refractivity contribution >= 4 is 28.8 Å². The first-order chi connectivity index (χ1) is 18.6. The molecule has 0 saturated heterocycles. The molecule has 0 saturated carbocycles. The Labute approximate surface area is 225 Å². The zero-order valence-corrected chi connectivity index (χ0v) is 21.6. The molecular weight excluding hydrogens is 529 g/mol. The average Bonchev–Trinajstić information content (AvgIpc) is 3.40. The monoisotopic (exact) mass is 554 g/mol. The summed E-state index contributed by atoms with van der Waals surface area (Å²) in [5.74, 6) is 5.84. The van der Waals surface area contributed by atoms with Crippen LogP contribution in [0.5, 0.6) is 0 Å². The third-order valence-electron chi connectivity index (χ3n) is 6.44. The lowest BCUT2D eigenvalue weighted by Gasteiger charge is -2.33. The van der Waals surface area contributed by atoms with Gasteiger partial charge in [-0.05, 0) is 73.2 Å². The molecule has 0 fully saturated rings. The molecule has 1 unspecified atom stereocenters. The fraction of sp³-hybridized carbons (Fsp3) is 0.231. The van der Waals surface area contributed by atoms with Gasteiger partial charge in [0.05, 0.1) is 16.1 Å². The zero-order valence-electron chi connectivity index (χ0n) is 20.8. The second kappa shape index (κ2) is 10.2. The number of hydrazine groups is 1. The van der Waals surface area contributed by atoms with Gasteiger partial charge in [0.15, 0.2) is 5.84 Å².